The number of aromatic nitrogens is 4. The Bertz CT molecular complexity index is 1100. The molecule has 6 heteroatoms. The van der Waals surface area contributed by atoms with Crippen molar-refractivity contribution in [2.75, 3.05) is 24.6 Å². The lowest BCUT2D eigenvalue weighted by atomic mass is 10.0. The highest BCUT2D eigenvalue weighted by atomic mass is 32.2. The van der Waals surface area contributed by atoms with E-state index in [9.17, 15) is 0 Å². The molecule has 0 aliphatic carbocycles. The summed E-state index contributed by atoms with van der Waals surface area (Å²) in [7, 11) is 0. The number of hydrogen-bond donors (Lipinski definition) is 1. The maximum Gasteiger partial charge on any atom is 0.118 e. The summed E-state index contributed by atoms with van der Waals surface area (Å²) in [6.07, 6.45) is 5.57. The van der Waals surface area contributed by atoms with Crippen LogP contribution >= 0.6 is 11.8 Å². The average Bonchev–Trinajstić information content (AvgIpc) is 3.31. The SMILES string of the molecule is c1ccc(-c2n[nH]cc2-c2ccnc(-c3ccc(CN4CCSCC4)cc3)c2)nc1. The number of nitrogens with one attached hydrogen (secondary N) is 1. The fourth-order valence-electron chi connectivity index (χ4n) is 3.76. The van der Waals surface area contributed by atoms with Gasteiger partial charge in [0, 0.05) is 60.9 Å². The molecule has 1 fully saturated rings. The predicted octanol–water partition coefficient (Wildman–Crippen LogP) is 4.75. The second-order valence-corrected chi connectivity index (χ2v) is 8.60. The molecule has 4 aromatic rings. The van der Waals surface area contributed by atoms with E-state index in [4.69, 9.17) is 0 Å². The molecule has 4 heterocycles. The number of benzene rings is 1. The second kappa shape index (κ2) is 8.81. The summed E-state index contributed by atoms with van der Waals surface area (Å²) in [6, 6.07) is 18.8. The van der Waals surface area contributed by atoms with Crippen LogP contribution in [0.25, 0.3) is 33.8 Å². The molecule has 0 bridgehead atoms. The molecule has 0 amide bonds. The quantitative estimate of drug-likeness (QED) is 0.512. The monoisotopic (exact) mass is 413 g/mol. The molecule has 1 N–H and O–H groups in total. The first-order chi connectivity index (χ1) is 14.9. The van der Waals surface area contributed by atoms with Crippen LogP contribution in [0, 0.1) is 0 Å². The Balaban J connectivity index is 1.39. The molecular formula is C24H23N5S. The first kappa shape index (κ1) is 19.0. The van der Waals surface area contributed by atoms with Gasteiger partial charge in [0.05, 0.1) is 11.4 Å². The highest BCUT2D eigenvalue weighted by Crippen LogP contribution is 2.31. The number of aromatic amines is 1. The van der Waals surface area contributed by atoms with E-state index in [1.807, 2.05) is 48.4 Å². The molecule has 0 atom stereocenters. The topological polar surface area (TPSA) is 57.7 Å². The van der Waals surface area contributed by atoms with E-state index in [1.165, 1.54) is 30.2 Å². The lowest BCUT2D eigenvalue weighted by Gasteiger charge is -2.26. The van der Waals surface area contributed by atoms with Gasteiger partial charge < -0.3 is 0 Å². The molecule has 30 heavy (non-hydrogen) atoms. The summed E-state index contributed by atoms with van der Waals surface area (Å²) in [5, 5.41) is 7.40. The van der Waals surface area contributed by atoms with Gasteiger partial charge in [0.2, 0.25) is 0 Å². The van der Waals surface area contributed by atoms with Crippen LogP contribution in [0.15, 0.2) is 73.2 Å². The van der Waals surface area contributed by atoms with Gasteiger partial charge in [-0.25, -0.2) is 0 Å². The highest BCUT2D eigenvalue weighted by molar-refractivity contribution is 7.99. The third-order valence-corrected chi connectivity index (χ3v) is 6.32. The zero-order valence-corrected chi connectivity index (χ0v) is 17.5. The van der Waals surface area contributed by atoms with Crippen molar-refractivity contribution in [1.82, 2.24) is 25.1 Å². The van der Waals surface area contributed by atoms with Gasteiger partial charge in [0.1, 0.15) is 5.69 Å². The maximum absolute atomic E-state index is 4.61. The Morgan fingerprint density at radius 3 is 2.50 bits per heavy atom. The van der Waals surface area contributed by atoms with E-state index in [0.717, 1.165) is 40.3 Å². The molecule has 0 spiro atoms. The first-order valence-electron chi connectivity index (χ1n) is 10.2. The molecule has 1 aliphatic rings. The lowest BCUT2D eigenvalue weighted by Crippen LogP contribution is -2.31. The van der Waals surface area contributed by atoms with Gasteiger partial charge in [-0.1, -0.05) is 30.3 Å². The van der Waals surface area contributed by atoms with E-state index in [2.05, 4.69) is 55.4 Å². The van der Waals surface area contributed by atoms with Crippen molar-refractivity contribution in [3.8, 4) is 33.8 Å². The summed E-state index contributed by atoms with van der Waals surface area (Å²) in [4.78, 5) is 11.6. The van der Waals surface area contributed by atoms with Crippen molar-refractivity contribution in [2.45, 2.75) is 6.54 Å². The van der Waals surface area contributed by atoms with Gasteiger partial charge in [0.15, 0.2) is 0 Å². The normalized spacial score (nSPS) is 14.7. The van der Waals surface area contributed by atoms with Crippen molar-refractivity contribution >= 4 is 11.8 Å². The van der Waals surface area contributed by atoms with Crippen LogP contribution < -0.4 is 0 Å². The summed E-state index contributed by atoms with van der Waals surface area (Å²) in [6.45, 7) is 3.38. The number of thioether (sulfide) groups is 1. The number of nitrogens with zero attached hydrogens (tertiary/aromatic N) is 4. The third kappa shape index (κ3) is 4.15. The minimum atomic E-state index is 0.850. The van der Waals surface area contributed by atoms with Crippen molar-refractivity contribution in [3.05, 3.63) is 78.8 Å². The minimum Gasteiger partial charge on any atom is -0.297 e. The van der Waals surface area contributed by atoms with Crippen molar-refractivity contribution in [2.24, 2.45) is 0 Å². The smallest absolute Gasteiger partial charge is 0.118 e. The highest BCUT2D eigenvalue weighted by Gasteiger charge is 2.13. The molecule has 5 rings (SSSR count). The summed E-state index contributed by atoms with van der Waals surface area (Å²) >= 11 is 2.05. The largest absolute Gasteiger partial charge is 0.297 e. The average molecular weight is 414 g/mol. The van der Waals surface area contributed by atoms with Crippen molar-refractivity contribution < 1.29 is 0 Å². The van der Waals surface area contributed by atoms with Gasteiger partial charge in [-0.15, -0.1) is 0 Å². The van der Waals surface area contributed by atoms with Crippen LogP contribution in [0.5, 0.6) is 0 Å². The maximum atomic E-state index is 4.61. The van der Waals surface area contributed by atoms with E-state index < -0.39 is 0 Å². The third-order valence-electron chi connectivity index (χ3n) is 5.38. The Morgan fingerprint density at radius 1 is 0.867 bits per heavy atom. The molecule has 3 aromatic heterocycles. The molecule has 0 saturated carbocycles. The zero-order chi connectivity index (χ0) is 20.2. The fourth-order valence-corrected chi connectivity index (χ4v) is 4.74. The molecule has 1 aromatic carbocycles. The van der Waals surface area contributed by atoms with E-state index >= 15 is 0 Å². The van der Waals surface area contributed by atoms with Crippen molar-refractivity contribution in [3.63, 3.8) is 0 Å². The summed E-state index contributed by atoms with van der Waals surface area (Å²) in [5.74, 6) is 2.48. The summed E-state index contributed by atoms with van der Waals surface area (Å²) < 4.78 is 0. The fraction of sp³-hybridized carbons (Fsp3) is 0.208. The van der Waals surface area contributed by atoms with Crippen LogP contribution in [0.1, 0.15) is 5.56 Å². The molecular weight excluding hydrogens is 390 g/mol. The number of hydrogen-bond acceptors (Lipinski definition) is 5. The van der Waals surface area contributed by atoms with Crippen LogP contribution in [-0.4, -0.2) is 49.7 Å². The number of rotatable bonds is 5. The lowest BCUT2D eigenvalue weighted by molar-refractivity contribution is 0.294. The van der Waals surface area contributed by atoms with E-state index in [0.29, 0.717) is 0 Å². The number of pyridine rings is 2. The number of H-pyrrole nitrogens is 1. The second-order valence-electron chi connectivity index (χ2n) is 7.38. The van der Waals surface area contributed by atoms with Crippen LogP contribution in [0.2, 0.25) is 0 Å². The summed E-state index contributed by atoms with van der Waals surface area (Å²) in [5.41, 5.74) is 7.24. The van der Waals surface area contributed by atoms with Gasteiger partial charge in [0.25, 0.3) is 0 Å². The Morgan fingerprint density at radius 2 is 1.70 bits per heavy atom. The molecule has 150 valence electrons. The van der Waals surface area contributed by atoms with E-state index in [-0.39, 0.29) is 0 Å². The standard InChI is InChI=1S/C24H23N5S/c1-2-9-25-22(3-1)24-21(16-27-28-24)20-8-10-26-23(15-20)19-6-4-18(5-7-19)17-29-11-13-30-14-12-29/h1-10,15-16H,11-14,17H2,(H,27,28). The van der Waals surface area contributed by atoms with Gasteiger partial charge in [-0.3, -0.25) is 20.0 Å². The van der Waals surface area contributed by atoms with E-state index in [1.54, 1.807) is 6.20 Å². The zero-order valence-electron chi connectivity index (χ0n) is 16.7. The van der Waals surface area contributed by atoms with Crippen LogP contribution in [0.3, 0.4) is 0 Å². The van der Waals surface area contributed by atoms with Gasteiger partial charge in [-0.2, -0.15) is 16.9 Å². The molecule has 1 saturated heterocycles. The Hall–Kier alpha value is -2.96. The van der Waals surface area contributed by atoms with Crippen LogP contribution in [0.4, 0.5) is 0 Å². The molecule has 0 radical (unpaired) electrons. The predicted molar refractivity (Wildman–Crippen MR) is 123 cm³/mol. The molecule has 0 unspecified atom stereocenters. The Labute approximate surface area is 180 Å². The Kier molecular flexibility index (Phi) is 5.59. The minimum absolute atomic E-state index is 0.850. The van der Waals surface area contributed by atoms with Gasteiger partial charge >= 0.3 is 0 Å². The van der Waals surface area contributed by atoms with Gasteiger partial charge in [-0.05, 0) is 35.4 Å². The first-order valence-corrected chi connectivity index (χ1v) is 11.3. The van der Waals surface area contributed by atoms with Crippen LogP contribution in [-0.2, 0) is 6.54 Å². The molecule has 5 nitrogen and oxygen atoms in total. The molecule has 1 aliphatic heterocycles. The van der Waals surface area contributed by atoms with Crippen molar-refractivity contribution in [1.29, 1.82) is 0 Å².